The number of nitrogens with zero attached hydrogens (tertiary/aromatic N) is 4. The summed E-state index contributed by atoms with van der Waals surface area (Å²) in [6.07, 6.45) is 9.01. The molecule has 4 rings (SSSR count). The third-order valence-corrected chi connectivity index (χ3v) is 4.83. The largest absolute Gasteiger partial charge is 0.371 e. The molecule has 144 valence electrons. The molecule has 1 aliphatic rings. The van der Waals surface area contributed by atoms with Crippen LogP contribution >= 0.6 is 0 Å². The molecule has 2 amide bonds. The standard InChI is InChI=1S/C21H24N6O/c28-21(23-16-17-8-10-22-20(14-17)27-13-5-9-24-27)25-18-6-4-7-19(15-18)26-11-2-1-3-12-26/h4-10,13-15H,1-3,11-12,16H2,(H2,23,25,28). The van der Waals surface area contributed by atoms with Gasteiger partial charge in [-0.2, -0.15) is 5.10 Å². The monoisotopic (exact) mass is 376 g/mol. The number of carbonyl (C=O) groups excluding carboxylic acids is 1. The zero-order chi connectivity index (χ0) is 19.2. The van der Waals surface area contributed by atoms with Gasteiger partial charge in [0.1, 0.15) is 0 Å². The number of hydrogen-bond donors (Lipinski definition) is 2. The molecule has 2 N–H and O–H groups in total. The molecule has 1 aliphatic heterocycles. The van der Waals surface area contributed by atoms with E-state index in [4.69, 9.17) is 0 Å². The highest BCUT2D eigenvalue weighted by Crippen LogP contribution is 2.23. The van der Waals surface area contributed by atoms with Crippen molar-refractivity contribution in [2.45, 2.75) is 25.8 Å². The van der Waals surface area contributed by atoms with Crippen molar-refractivity contribution in [2.24, 2.45) is 0 Å². The molecule has 1 fully saturated rings. The topological polar surface area (TPSA) is 75.1 Å². The van der Waals surface area contributed by atoms with E-state index in [0.717, 1.165) is 35.8 Å². The molecule has 1 aromatic carbocycles. The minimum absolute atomic E-state index is 0.228. The molecule has 0 spiro atoms. The minimum atomic E-state index is -0.228. The Balaban J connectivity index is 1.34. The van der Waals surface area contributed by atoms with Gasteiger partial charge in [-0.3, -0.25) is 0 Å². The fourth-order valence-electron chi connectivity index (χ4n) is 3.39. The molecule has 3 aromatic rings. The number of carbonyl (C=O) groups is 1. The number of urea groups is 1. The van der Waals surface area contributed by atoms with Crippen LogP contribution in [0.15, 0.2) is 61.1 Å². The molecule has 0 saturated carbocycles. The third kappa shape index (κ3) is 4.49. The molecule has 0 unspecified atom stereocenters. The van der Waals surface area contributed by atoms with Crippen LogP contribution in [0.1, 0.15) is 24.8 Å². The van der Waals surface area contributed by atoms with Crippen LogP contribution in [-0.2, 0) is 6.54 Å². The van der Waals surface area contributed by atoms with Gasteiger partial charge in [-0.1, -0.05) is 6.07 Å². The predicted octanol–water partition coefficient (Wildman–Crippen LogP) is 3.58. The summed E-state index contributed by atoms with van der Waals surface area (Å²) in [5, 5.41) is 10.00. The van der Waals surface area contributed by atoms with E-state index in [1.54, 1.807) is 17.1 Å². The molecule has 0 atom stereocenters. The maximum atomic E-state index is 12.3. The number of pyridine rings is 1. The SMILES string of the molecule is O=C(NCc1ccnc(-n2cccn2)c1)Nc1cccc(N2CCCCC2)c1. The van der Waals surface area contributed by atoms with E-state index < -0.39 is 0 Å². The summed E-state index contributed by atoms with van der Waals surface area (Å²) in [6, 6.07) is 13.4. The summed E-state index contributed by atoms with van der Waals surface area (Å²) >= 11 is 0. The van der Waals surface area contributed by atoms with Crippen LogP contribution in [0.5, 0.6) is 0 Å². The third-order valence-electron chi connectivity index (χ3n) is 4.83. The Morgan fingerprint density at radius 2 is 1.93 bits per heavy atom. The molecule has 7 heteroatoms. The van der Waals surface area contributed by atoms with Crippen molar-refractivity contribution in [3.8, 4) is 5.82 Å². The van der Waals surface area contributed by atoms with Crippen molar-refractivity contribution < 1.29 is 4.79 Å². The van der Waals surface area contributed by atoms with Crippen LogP contribution in [0, 0.1) is 0 Å². The van der Waals surface area contributed by atoms with Gasteiger partial charge in [0, 0.05) is 49.6 Å². The van der Waals surface area contributed by atoms with Crippen LogP contribution in [0.2, 0.25) is 0 Å². The fourth-order valence-corrected chi connectivity index (χ4v) is 3.39. The zero-order valence-electron chi connectivity index (χ0n) is 15.7. The van der Waals surface area contributed by atoms with Crippen molar-refractivity contribution in [2.75, 3.05) is 23.3 Å². The number of nitrogens with one attached hydrogen (secondary N) is 2. The highest BCUT2D eigenvalue weighted by Gasteiger charge is 2.11. The Morgan fingerprint density at radius 3 is 2.75 bits per heavy atom. The predicted molar refractivity (Wildman–Crippen MR) is 110 cm³/mol. The molecular formula is C21H24N6O. The zero-order valence-corrected chi connectivity index (χ0v) is 15.7. The Morgan fingerprint density at radius 1 is 1.04 bits per heavy atom. The Kier molecular flexibility index (Phi) is 5.51. The van der Waals surface area contributed by atoms with Crippen LogP contribution in [0.3, 0.4) is 0 Å². The van der Waals surface area contributed by atoms with Crippen molar-refractivity contribution >= 4 is 17.4 Å². The number of piperidine rings is 1. The Bertz CT molecular complexity index is 918. The number of anilines is 2. The highest BCUT2D eigenvalue weighted by atomic mass is 16.2. The lowest BCUT2D eigenvalue weighted by Crippen LogP contribution is -2.30. The van der Waals surface area contributed by atoms with Gasteiger partial charge >= 0.3 is 6.03 Å². The number of hydrogen-bond acceptors (Lipinski definition) is 4. The van der Waals surface area contributed by atoms with Crippen LogP contribution < -0.4 is 15.5 Å². The van der Waals surface area contributed by atoms with Crippen LogP contribution in [0.25, 0.3) is 5.82 Å². The second-order valence-corrected chi connectivity index (χ2v) is 6.88. The lowest BCUT2D eigenvalue weighted by molar-refractivity contribution is 0.251. The van der Waals surface area contributed by atoms with Crippen LogP contribution in [0.4, 0.5) is 16.2 Å². The summed E-state index contributed by atoms with van der Waals surface area (Å²) in [5.41, 5.74) is 2.92. The second-order valence-electron chi connectivity index (χ2n) is 6.88. The Labute approximate surface area is 164 Å². The molecule has 28 heavy (non-hydrogen) atoms. The molecule has 1 saturated heterocycles. The van der Waals surface area contributed by atoms with Gasteiger partial charge in [0.25, 0.3) is 0 Å². The van der Waals surface area contributed by atoms with Crippen molar-refractivity contribution in [1.82, 2.24) is 20.1 Å². The quantitative estimate of drug-likeness (QED) is 0.714. The van der Waals surface area contributed by atoms with Gasteiger partial charge in [0.15, 0.2) is 5.82 Å². The Hall–Kier alpha value is -3.35. The lowest BCUT2D eigenvalue weighted by Gasteiger charge is -2.29. The first-order chi connectivity index (χ1) is 13.8. The van der Waals surface area contributed by atoms with Gasteiger partial charge in [-0.15, -0.1) is 0 Å². The first-order valence-corrected chi connectivity index (χ1v) is 9.63. The van der Waals surface area contributed by atoms with E-state index in [-0.39, 0.29) is 6.03 Å². The number of benzene rings is 1. The maximum absolute atomic E-state index is 12.3. The highest BCUT2D eigenvalue weighted by molar-refractivity contribution is 5.89. The van der Waals surface area contributed by atoms with Gasteiger partial charge in [-0.05, 0) is 61.2 Å². The summed E-state index contributed by atoms with van der Waals surface area (Å²) in [5.74, 6) is 0.721. The van der Waals surface area contributed by atoms with E-state index in [0.29, 0.717) is 6.54 Å². The summed E-state index contributed by atoms with van der Waals surface area (Å²) in [4.78, 5) is 19.0. The van der Waals surface area contributed by atoms with Crippen molar-refractivity contribution in [1.29, 1.82) is 0 Å². The molecule has 3 heterocycles. The fraction of sp³-hybridized carbons (Fsp3) is 0.286. The molecule has 7 nitrogen and oxygen atoms in total. The van der Waals surface area contributed by atoms with Crippen molar-refractivity contribution in [3.05, 3.63) is 66.6 Å². The average molecular weight is 376 g/mol. The molecule has 0 radical (unpaired) electrons. The van der Waals surface area contributed by atoms with E-state index in [1.165, 1.54) is 19.3 Å². The van der Waals surface area contributed by atoms with E-state index in [1.807, 2.05) is 42.6 Å². The van der Waals surface area contributed by atoms with Gasteiger partial charge in [-0.25, -0.2) is 14.5 Å². The van der Waals surface area contributed by atoms with E-state index in [2.05, 4.69) is 31.7 Å². The van der Waals surface area contributed by atoms with E-state index in [9.17, 15) is 4.79 Å². The summed E-state index contributed by atoms with van der Waals surface area (Å²) in [6.45, 7) is 2.57. The molecular weight excluding hydrogens is 352 g/mol. The first kappa shape index (κ1) is 18.0. The molecule has 0 bridgehead atoms. The first-order valence-electron chi connectivity index (χ1n) is 9.63. The number of aromatic nitrogens is 3. The minimum Gasteiger partial charge on any atom is -0.371 e. The van der Waals surface area contributed by atoms with Crippen LogP contribution in [-0.4, -0.2) is 33.9 Å². The number of rotatable bonds is 5. The smallest absolute Gasteiger partial charge is 0.319 e. The summed E-state index contributed by atoms with van der Waals surface area (Å²) < 4.78 is 1.69. The normalized spacial score (nSPS) is 13.9. The average Bonchev–Trinajstić information content (AvgIpc) is 3.28. The number of amides is 2. The van der Waals surface area contributed by atoms with E-state index >= 15 is 0 Å². The molecule has 0 aliphatic carbocycles. The summed E-state index contributed by atoms with van der Waals surface area (Å²) in [7, 11) is 0. The van der Waals surface area contributed by atoms with Gasteiger partial charge < -0.3 is 15.5 Å². The maximum Gasteiger partial charge on any atom is 0.319 e. The lowest BCUT2D eigenvalue weighted by atomic mass is 10.1. The molecule has 2 aromatic heterocycles. The van der Waals surface area contributed by atoms with Crippen molar-refractivity contribution in [3.63, 3.8) is 0 Å². The van der Waals surface area contributed by atoms with Gasteiger partial charge in [0.2, 0.25) is 0 Å². The second kappa shape index (κ2) is 8.56. The van der Waals surface area contributed by atoms with Gasteiger partial charge in [0.05, 0.1) is 0 Å².